The Labute approximate surface area is 161 Å². The summed E-state index contributed by atoms with van der Waals surface area (Å²) in [5, 5.41) is 1.25. The number of H-pyrrole nitrogens is 1. The second-order valence-electron chi connectivity index (χ2n) is 6.23. The van der Waals surface area contributed by atoms with Crippen molar-refractivity contribution in [3.63, 3.8) is 0 Å². The van der Waals surface area contributed by atoms with E-state index in [2.05, 4.69) is 19.7 Å². The Hall–Kier alpha value is -3.88. The first kappa shape index (κ1) is 18.5. The fraction of sp³-hybridized carbons (Fsp3) is 0.0500. The van der Waals surface area contributed by atoms with Crippen molar-refractivity contribution in [3.05, 3.63) is 60.6 Å². The van der Waals surface area contributed by atoms with Gasteiger partial charge in [-0.25, -0.2) is 4.98 Å². The molecule has 0 aliphatic heterocycles. The molecule has 3 N–H and O–H groups in total. The molecular weight excluding hydrogens is 385 g/mol. The fourth-order valence-electron chi connectivity index (χ4n) is 2.96. The number of pyridine rings is 2. The number of nitrogens with two attached hydrogens (primary N) is 1. The van der Waals surface area contributed by atoms with E-state index in [-0.39, 0.29) is 5.75 Å². The predicted octanol–water partition coefficient (Wildman–Crippen LogP) is 4.18. The number of hydrogen-bond donors (Lipinski definition) is 2. The van der Waals surface area contributed by atoms with Crippen molar-refractivity contribution in [1.82, 2.24) is 15.0 Å². The third-order valence-corrected chi connectivity index (χ3v) is 4.21. The average molecular weight is 398 g/mol. The van der Waals surface area contributed by atoms with Crippen LogP contribution in [0.2, 0.25) is 0 Å². The first-order valence-corrected chi connectivity index (χ1v) is 8.39. The minimum absolute atomic E-state index is 0.318. The van der Waals surface area contributed by atoms with Crippen LogP contribution >= 0.6 is 0 Å². The zero-order valence-corrected chi connectivity index (χ0v) is 14.7. The van der Waals surface area contributed by atoms with Crippen LogP contribution in [0, 0.1) is 0 Å². The highest BCUT2D eigenvalue weighted by Crippen LogP contribution is 2.30. The monoisotopic (exact) mass is 398 g/mol. The minimum atomic E-state index is -4.77. The number of ether oxygens (including phenoxy) is 1. The van der Waals surface area contributed by atoms with Crippen molar-refractivity contribution in [3.8, 4) is 16.9 Å². The molecule has 6 nitrogen and oxygen atoms in total. The van der Waals surface area contributed by atoms with E-state index in [1.165, 1.54) is 24.3 Å². The number of fused-ring (bicyclic) bond motifs is 2. The van der Waals surface area contributed by atoms with Gasteiger partial charge < -0.3 is 15.5 Å². The highest BCUT2D eigenvalue weighted by Gasteiger charge is 2.31. The Morgan fingerprint density at radius 1 is 1.10 bits per heavy atom. The molecule has 0 atom stereocenters. The van der Waals surface area contributed by atoms with E-state index in [9.17, 15) is 18.0 Å². The van der Waals surface area contributed by atoms with Crippen LogP contribution in [0.4, 0.5) is 13.2 Å². The molecule has 29 heavy (non-hydrogen) atoms. The lowest BCUT2D eigenvalue weighted by Gasteiger charge is -2.10. The number of primary amides is 1. The minimum Gasteiger partial charge on any atom is -0.406 e. The van der Waals surface area contributed by atoms with Crippen LogP contribution in [0.5, 0.6) is 5.75 Å². The van der Waals surface area contributed by atoms with Gasteiger partial charge in [0.25, 0.3) is 0 Å². The highest BCUT2D eigenvalue weighted by molar-refractivity contribution is 5.96. The summed E-state index contributed by atoms with van der Waals surface area (Å²) in [6.45, 7) is 0. The molecule has 0 aliphatic carbocycles. The van der Waals surface area contributed by atoms with Crippen LogP contribution in [-0.2, 0) is 4.79 Å². The molecule has 0 spiro atoms. The molecule has 3 aromatic heterocycles. The fourth-order valence-corrected chi connectivity index (χ4v) is 2.96. The number of rotatable bonds is 4. The Morgan fingerprint density at radius 3 is 2.62 bits per heavy atom. The van der Waals surface area contributed by atoms with Gasteiger partial charge >= 0.3 is 6.36 Å². The molecule has 9 heteroatoms. The van der Waals surface area contributed by atoms with E-state index < -0.39 is 12.3 Å². The van der Waals surface area contributed by atoms with Gasteiger partial charge in [0.15, 0.2) is 0 Å². The summed E-state index contributed by atoms with van der Waals surface area (Å²) in [6, 6.07) is 7.51. The lowest BCUT2D eigenvalue weighted by molar-refractivity contribution is -0.274. The second-order valence-corrected chi connectivity index (χ2v) is 6.23. The second kappa shape index (κ2) is 6.93. The number of aromatic nitrogens is 3. The molecule has 0 saturated carbocycles. The molecule has 146 valence electrons. The van der Waals surface area contributed by atoms with Gasteiger partial charge in [0, 0.05) is 52.1 Å². The van der Waals surface area contributed by atoms with Gasteiger partial charge in [-0.2, -0.15) is 0 Å². The molecule has 3 heterocycles. The lowest BCUT2D eigenvalue weighted by Crippen LogP contribution is -2.17. The first-order valence-electron chi connectivity index (χ1n) is 8.39. The van der Waals surface area contributed by atoms with E-state index in [0.717, 1.165) is 10.9 Å². The van der Waals surface area contributed by atoms with Crippen LogP contribution in [0.15, 0.2) is 55.0 Å². The van der Waals surface area contributed by atoms with Crippen LogP contribution in [0.1, 0.15) is 5.56 Å². The van der Waals surface area contributed by atoms with Crippen molar-refractivity contribution in [1.29, 1.82) is 0 Å². The van der Waals surface area contributed by atoms with Crippen LogP contribution in [0.25, 0.3) is 39.1 Å². The summed E-state index contributed by atoms with van der Waals surface area (Å²) in [4.78, 5) is 22.6. The van der Waals surface area contributed by atoms with Crippen LogP contribution in [0.3, 0.4) is 0 Å². The SMILES string of the molecule is NC(=O)/C=C/c1c[nH]c2ncc(-c3cnc4ccc(OC(F)(F)F)cc4c3)cc12. The van der Waals surface area contributed by atoms with Crippen molar-refractivity contribution < 1.29 is 22.7 Å². The molecule has 0 aliphatic rings. The Bertz CT molecular complexity index is 1260. The summed E-state index contributed by atoms with van der Waals surface area (Å²) in [5.74, 6) is -0.888. The number of carbonyl (C=O) groups is 1. The molecule has 0 fully saturated rings. The van der Waals surface area contributed by atoms with Gasteiger partial charge in [-0.1, -0.05) is 0 Å². The molecule has 0 unspecified atom stereocenters. The van der Waals surface area contributed by atoms with E-state index in [1.807, 2.05) is 6.07 Å². The third-order valence-electron chi connectivity index (χ3n) is 4.21. The van der Waals surface area contributed by atoms with E-state index in [1.54, 1.807) is 30.7 Å². The maximum Gasteiger partial charge on any atom is 0.573 e. The van der Waals surface area contributed by atoms with Gasteiger partial charge in [0.05, 0.1) is 5.52 Å². The molecule has 1 amide bonds. The number of benzene rings is 1. The van der Waals surface area contributed by atoms with Crippen molar-refractivity contribution in [2.24, 2.45) is 5.73 Å². The summed E-state index contributed by atoms with van der Waals surface area (Å²) in [5.41, 5.74) is 8.39. The topological polar surface area (TPSA) is 93.9 Å². The molecule has 0 saturated heterocycles. The highest BCUT2D eigenvalue weighted by atomic mass is 19.4. The maximum absolute atomic E-state index is 12.5. The van der Waals surface area contributed by atoms with E-state index in [0.29, 0.717) is 27.7 Å². The largest absolute Gasteiger partial charge is 0.573 e. The Morgan fingerprint density at radius 2 is 1.86 bits per heavy atom. The van der Waals surface area contributed by atoms with E-state index in [4.69, 9.17) is 5.73 Å². The number of nitrogens with zero attached hydrogens (tertiary/aromatic N) is 2. The normalized spacial score (nSPS) is 12.1. The average Bonchev–Trinajstić information content (AvgIpc) is 3.06. The zero-order valence-electron chi connectivity index (χ0n) is 14.7. The smallest absolute Gasteiger partial charge is 0.406 e. The van der Waals surface area contributed by atoms with Gasteiger partial charge in [-0.05, 0) is 36.4 Å². The Kier molecular flexibility index (Phi) is 4.42. The van der Waals surface area contributed by atoms with Crippen LogP contribution in [-0.4, -0.2) is 27.2 Å². The van der Waals surface area contributed by atoms with Crippen molar-refractivity contribution in [2.75, 3.05) is 0 Å². The summed E-state index contributed by atoms with van der Waals surface area (Å²) >= 11 is 0. The van der Waals surface area contributed by atoms with Crippen molar-refractivity contribution in [2.45, 2.75) is 6.36 Å². The van der Waals surface area contributed by atoms with Gasteiger partial charge in [-0.15, -0.1) is 13.2 Å². The number of alkyl halides is 3. The quantitative estimate of drug-likeness (QED) is 0.505. The maximum atomic E-state index is 12.5. The molecule has 4 rings (SSSR count). The predicted molar refractivity (Wildman–Crippen MR) is 102 cm³/mol. The number of aromatic amines is 1. The lowest BCUT2D eigenvalue weighted by atomic mass is 10.0. The van der Waals surface area contributed by atoms with Gasteiger partial charge in [-0.3, -0.25) is 9.78 Å². The first-order chi connectivity index (χ1) is 13.8. The Balaban J connectivity index is 1.76. The molecular formula is C20H13F3N4O2. The molecule has 4 aromatic rings. The molecule has 1 aromatic carbocycles. The summed E-state index contributed by atoms with van der Waals surface area (Å²) < 4.78 is 41.4. The van der Waals surface area contributed by atoms with Crippen molar-refractivity contribution >= 4 is 33.9 Å². The number of nitrogens with one attached hydrogen (secondary N) is 1. The third kappa shape index (κ3) is 4.03. The van der Waals surface area contributed by atoms with Gasteiger partial charge in [0.1, 0.15) is 11.4 Å². The number of carbonyl (C=O) groups excluding carboxylic acids is 1. The summed E-state index contributed by atoms with van der Waals surface area (Å²) in [6.07, 6.45) is 2.98. The van der Waals surface area contributed by atoms with Crippen LogP contribution < -0.4 is 10.5 Å². The summed E-state index contributed by atoms with van der Waals surface area (Å²) in [7, 11) is 0. The number of amides is 1. The molecule has 0 bridgehead atoms. The zero-order chi connectivity index (χ0) is 20.6. The van der Waals surface area contributed by atoms with Gasteiger partial charge in [0.2, 0.25) is 5.91 Å². The number of hydrogen-bond acceptors (Lipinski definition) is 4. The van der Waals surface area contributed by atoms with E-state index >= 15 is 0 Å². The standard InChI is InChI=1S/C20H13F3N4O2/c21-20(22,23)29-15-2-3-17-12(6-15)5-13(9-25-17)14-7-16-11(1-4-18(24)28)8-26-19(16)27-10-14/h1-10H,(H2,24,28)(H,26,27)/b4-1+. The number of halogens is 3. The molecule has 0 radical (unpaired) electrons.